The number of benzene rings is 2. The van der Waals surface area contributed by atoms with Crippen LogP contribution in [0.2, 0.25) is 5.02 Å². The van der Waals surface area contributed by atoms with Crippen molar-refractivity contribution in [2.24, 2.45) is 0 Å². The molecule has 1 saturated heterocycles. The molecule has 0 radical (unpaired) electrons. The molecule has 0 spiro atoms. The zero-order chi connectivity index (χ0) is 26.5. The summed E-state index contributed by atoms with van der Waals surface area (Å²) >= 11 is 5.89. The van der Waals surface area contributed by atoms with Gasteiger partial charge in [-0.2, -0.15) is 5.10 Å². The molecule has 9 nitrogen and oxygen atoms in total. The summed E-state index contributed by atoms with van der Waals surface area (Å²) in [6.45, 7) is 4.13. The molecule has 0 saturated carbocycles. The maximum atomic E-state index is 14.2. The third-order valence-corrected chi connectivity index (χ3v) is 6.80. The number of carbonyl (C=O) groups excluding carboxylic acids is 2. The highest BCUT2D eigenvalue weighted by Gasteiger charge is 2.35. The molecule has 1 aromatic heterocycles. The quantitative estimate of drug-likeness (QED) is 0.415. The minimum absolute atomic E-state index is 0.0526. The fraction of sp³-hybridized carbons (Fsp3) is 0.346. The second-order valence-corrected chi connectivity index (χ2v) is 9.29. The van der Waals surface area contributed by atoms with Gasteiger partial charge in [0.25, 0.3) is 5.91 Å². The number of methoxy groups -OCH3 is 1. The highest BCUT2D eigenvalue weighted by molar-refractivity contribution is 6.30. The van der Waals surface area contributed by atoms with E-state index >= 15 is 0 Å². The highest BCUT2D eigenvalue weighted by atomic mass is 35.5. The Balaban J connectivity index is 1.59. The lowest BCUT2D eigenvalue weighted by atomic mass is 9.94. The van der Waals surface area contributed by atoms with Gasteiger partial charge in [-0.15, -0.1) is 0 Å². The zero-order valence-corrected chi connectivity index (χ0v) is 21.7. The third-order valence-electron chi connectivity index (χ3n) is 6.49. The Bertz CT molecular complexity index is 1270. The number of halogens is 2. The second-order valence-electron chi connectivity index (χ2n) is 8.89. The number of ether oxygens (including phenoxy) is 1. The number of hydrogen-bond donors (Lipinski definition) is 3. The molecule has 11 heteroatoms. The Morgan fingerprint density at radius 2 is 1.95 bits per heavy atom. The van der Waals surface area contributed by atoms with Crippen molar-refractivity contribution in [2.45, 2.75) is 18.9 Å². The molecule has 0 unspecified atom stereocenters. The highest BCUT2D eigenvalue weighted by Crippen LogP contribution is 2.30. The lowest BCUT2D eigenvalue weighted by Gasteiger charge is -2.21. The van der Waals surface area contributed by atoms with Crippen molar-refractivity contribution in [3.05, 3.63) is 76.2 Å². The SMILES string of the molecule is CNC(=O)c1nn(-c2ccccc2)c(NC(=O)N[C@H]2CN(CCOC)C[C@@H]2c2ccc(Cl)c(F)c2)c1C. The topological polar surface area (TPSA) is 101 Å². The first-order chi connectivity index (χ1) is 17.8. The van der Waals surface area contributed by atoms with E-state index in [2.05, 4.69) is 25.9 Å². The van der Waals surface area contributed by atoms with Crippen LogP contribution in [-0.2, 0) is 4.74 Å². The minimum atomic E-state index is -0.498. The van der Waals surface area contributed by atoms with Crippen LogP contribution in [0.3, 0.4) is 0 Å². The maximum absolute atomic E-state index is 14.2. The Labute approximate surface area is 219 Å². The van der Waals surface area contributed by atoms with Gasteiger partial charge in [0.15, 0.2) is 5.69 Å². The zero-order valence-electron chi connectivity index (χ0n) is 20.9. The molecule has 1 aliphatic heterocycles. The van der Waals surface area contributed by atoms with Crippen LogP contribution in [0.15, 0.2) is 48.5 Å². The van der Waals surface area contributed by atoms with Gasteiger partial charge in [0.2, 0.25) is 0 Å². The minimum Gasteiger partial charge on any atom is -0.383 e. The van der Waals surface area contributed by atoms with Gasteiger partial charge in [-0.1, -0.05) is 35.9 Å². The summed E-state index contributed by atoms with van der Waals surface area (Å²) in [5, 5.41) is 13.0. The fourth-order valence-corrected chi connectivity index (χ4v) is 4.68. The number of likely N-dealkylation sites (tertiary alicyclic amines) is 1. The van der Waals surface area contributed by atoms with Crippen LogP contribution in [0.4, 0.5) is 15.0 Å². The summed E-state index contributed by atoms with van der Waals surface area (Å²) < 4.78 is 21.0. The normalized spacial score (nSPS) is 17.5. The molecule has 1 aliphatic rings. The number of carbonyl (C=O) groups is 2. The summed E-state index contributed by atoms with van der Waals surface area (Å²) in [5.41, 5.74) is 2.18. The Kier molecular flexibility index (Phi) is 8.42. The molecular formula is C26H30ClFN6O3. The van der Waals surface area contributed by atoms with Crippen molar-refractivity contribution in [2.75, 3.05) is 45.7 Å². The van der Waals surface area contributed by atoms with Crippen LogP contribution in [0.25, 0.3) is 5.69 Å². The van der Waals surface area contributed by atoms with Gasteiger partial charge in [0, 0.05) is 45.3 Å². The first-order valence-electron chi connectivity index (χ1n) is 11.9. The van der Waals surface area contributed by atoms with Gasteiger partial charge >= 0.3 is 6.03 Å². The van der Waals surface area contributed by atoms with Gasteiger partial charge in [-0.05, 0) is 36.8 Å². The largest absolute Gasteiger partial charge is 0.383 e. The molecule has 2 atom stereocenters. The number of aromatic nitrogens is 2. The maximum Gasteiger partial charge on any atom is 0.320 e. The number of hydrogen-bond acceptors (Lipinski definition) is 5. The first kappa shape index (κ1) is 26.6. The Morgan fingerprint density at radius 1 is 1.19 bits per heavy atom. The lowest BCUT2D eigenvalue weighted by Crippen LogP contribution is -2.42. The van der Waals surface area contributed by atoms with Crippen molar-refractivity contribution in [1.82, 2.24) is 25.3 Å². The molecule has 37 heavy (non-hydrogen) atoms. The molecule has 196 valence electrons. The standard InChI is InChI=1S/C26H30ClFN6O3/c1-16-23(25(35)29-2)32-34(18-7-5-4-6-8-18)24(16)31-26(36)30-22-15-33(11-12-37-3)14-19(22)17-9-10-20(27)21(28)13-17/h4-10,13,19,22H,11-12,14-15H2,1-3H3,(H,29,35)(H2,30,31,36)/t19-,22+/m1/s1. The molecule has 3 N–H and O–H groups in total. The lowest BCUT2D eigenvalue weighted by molar-refractivity contribution is 0.0957. The number of para-hydroxylation sites is 1. The number of nitrogens with one attached hydrogen (secondary N) is 3. The van der Waals surface area contributed by atoms with Gasteiger partial charge in [-0.25, -0.2) is 13.9 Å². The van der Waals surface area contributed by atoms with Crippen LogP contribution < -0.4 is 16.0 Å². The van der Waals surface area contributed by atoms with Crippen molar-refractivity contribution in [1.29, 1.82) is 0 Å². The average Bonchev–Trinajstić information content (AvgIpc) is 3.45. The summed E-state index contributed by atoms with van der Waals surface area (Å²) in [7, 11) is 3.16. The van der Waals surface area contributed by atoms with Crippen molar-refractivity contribution in [3.63, 3.8) is 0 Å². The molecule has 3 aromatic rings. The monoisotopic (exact) mass is 528 g/mol. The third kappa shape index (κ3) is 5.93. The number of rotatable bonds is 8. The van der Waals surface area contributed by atoms with E-state index in [0.29, 0.717) is 43.3 Å². The van der Waals surface area contributed by atoms with Crippen LogP contribution in [0.1, 0.15) is 27.5 Å². The molecule has 2 aromatic carbocycles. The Hall–Kier alpha value is -3.47. The average molecular weight is 529 g/mol. The molecule has 4 rings (SSSR count). The van der Waals surface area contributed by atoms with Crippen LogP contribution in [-0.4, -0.2) is 73.1 Å². The van der Waals surface area contributed by atoms with E-state index in [1.165, 1.54) is 23.9 Å². The second kappa shape index (κ2) is 11.7. The van der Waals surface area contributed by atoms with Crippen LogP contribution in [0.5, 0.6) is 0 Å². The van der Waals surface area contributed by atoms with Gasteiger partial charge in [0.05, 0.1) is 23.4 Å². The molecule has 0 aliphatic carbocycles. The van der Waals surface area contributed by atoms with E-state index < -0.39 is 11.8 Å². The first-order valence-corrected chi connectivity index (χ1v) is 12.3. The molecule has 0 bridgehead atoms. The van der Waals surface area contributed by atoms with Gasteiger partial charge in [-0.3, -0.25) is 15.0 Å². The summed E-state index contributed by atoms with van der Waals surface area (Å²) in [6.07, 6.45) is 0. The van der Waals surface area contributed by atoms with E-state index in [4.69, 9.17) is 16.3 Å². The number of anilines is 1. The molecular weight excluding hydrogens is 499 g/mol. The van der Waals surface area contributed by atoms with E-state index in [1.807, 2.05) is 30.3 Å². The van der Waals surface area contributed by atoms with E-state index in [9.17, 15) is 14.0 Å². The fourth-order valence-electron chi connectivity index (χ4n) is 4.56. The number of nitrogens with zero attached hydrogens (tertiary/aromatic N) is 3. The van der Waals surface area contributed by atoms with E-state index in [1.54, 1.807) is 20.1 Å². The summed E-state index contributed by atoms with van der Waals surface area (Å²) in [6, 6.07) is 13.2. The predicted molar refractivity (Wildman–Crippen MR) is 140 cm³/mol. The molecule has 2 heterocycles. The smallest absolute Gasteiger partial charge is 0.320 e. The number of amides is 3. The summed E-state index contributed by atoms with van der Waals surface area (Å²) in [5.74, 6) is -0.631. The van der Waals surface area contributed by atoms with Gasteiger partial charge in [0.1, 0.15) is 11.6 Å². The van der Waals surface area contributed by atoms with Gasteiger partial charge < -0.3 is 15.4 Å². The van der Waals surface area contributed by atoms with Crippen LogP contribution >= 0.6 is 11.6 Å². The van der Waals surface area contributed by atoms with Crippen molar-refractivity contribution in [3.8, 4) is 5.69 Å². The van der Waals surface area contributed by atoms with Crippen molar-refractivity contribution >= 4 is 29.4 Å². The predicted octanol–water partition coefficient (Wildman–Crippen LogP) is 3.57. The van der Waals surface area contributed by atoms with E-state index in [0.717, 1.165) is 5.56 Å². The van der Waals surface area contributed by atoms with Crippen molar-refractivity contribution < 1.29 is 18.7 Å². The Morgan fingerprint density at radius 3 is 2.62 bits per heavy atom. The number of urea groups is 1. The molecule has 3 amide bonds. The van der Waals surface area contributed by atoms with Crippen LogP contribution in [0, 0.1) is 12.7 Å². The molecule has 1 fully saturated rings. The summed E-state index contributed by atoms with van der Waals surface area (Å²) in [4.78, 5) is 27.8. The van der Waals surface area contributed by atoms with E-state index in [-0.39, 0.29) is 28.6 Å².